The third-order valence-corrected chi connectivity index (χ3v) is 4.31. The van der Waals surface area contributed by atoms with Gasteiger partial charge in [0.15, 0.2) is 11.5 Å². The molecular weight excluding hydrogens is 433 g/mol. The van der Waals surface area contributed by atoms with Crippen molar-refractivity contribution < 1.29 is 9.47 Å². The Morgan fingerprint density at radius 2 is 1.85 bits per heavy atom. The van der Waals surface area contributed by atoms with Gasteiger partial charge in [0.05, 0.1) is 4.47 Å². The molecule has 0 amide bonds. The van der Waals surface area contributed by atoms with Crippen molar-refractivity contribution >= 4 is 44.2 Å². The Morgan fingerprint density at radius 3 is 2.65 bits per heavy atom. The summed E-state index contributed by atoms with van der Waals surface area (Å²) in [5.74, 6) is 1.61. The van der Waals surface area contributed by atoms with E-state index in [9.17, 15) is 0 Å². The van der Waals surface area contributed by atoms with E-state index < -0.39 is 0 Å². The van der Waals surface area contributed by atoms with Crippen LogP contribution >= 0.6 is 38.5 Å². The Bertz CT molecular complexity index is 616. The van der Waals surface area contributed by atoms with Gasteiger partial charge in [0.1, 0.15) is 13.2 Å². The molecule has 0 saturated heterocycles. The van der Waals surface area contributed by atoms with Gasteiger partial charge in [0.25, 0.3) is 0 Å². The van der Waals surface area contributed by atoms with E-state index in [0.717, 1.165) is 33.8 Å². The molecule has 0 spiro atoms. The minimum Gasteiger partial charge on any atom is -0.486 e. The van der Waals surface area contributed by atoms with Gasteiger partial charge in [0.2, 0.25) is 0 Å². The first-order chi connectivity index (χ1) is 9.72. The number of benzene rings is 2. The average Bonchev–Trinajstić information content (AvgIpc) is 2.47. The topological polar surface area (TPSA) is 30.5 Å². The molecule has 104 valence electrons. The lowest BCUT2D eigenvalue weighted by Crippen LogP contribution is -2.16. The van der Waals surface area contributed by atoms with Crippen LogP contribution in [0.5, 0.6) is 11.5 Å². The zero-order chi connectivity index (χ0) is 13.9. The van der Waals surface area contributed by atoms with Crippen molar-refractivity contribution in [2.24, 2.45) is 0 Å². The van der Waals surface area contributed by atoms with E-state index >= 15 is 0 Å². The first-order valence-electron chi connectivity index (χ1n) is 6.30. The quantitative estimate of drug-likeness (QED) is 0.708. The molecule has 0 saturated carbocycles. The zero-order valence-corrected chi connectivity index (χ0v) is 14.4. The van der Waals surface area contributed by atoms with Gasteiger partial charge in [-0.3, -0.25) is 0 Å². The zero-order valence-electron chi connectivity index (χ0n) is 10.7. The van der Waals surface area contributed by atoms with Crippen LogP contribution in [0.2, 0.25) is 0 Å². The van der Waals surface area contributed by atoms with Crippen LogP contribution in [0.15, 0.2) is 40.9 Å². The highest BCUT2D eigenvalue weighted by molar-refractivity contribution is 14.1. The summed E-state index contributed by atoms with van der Waals surface area (Å²) in [6.45, 7) is 1.95. The molecule has 0 radical (unpaired) electrons. The summed E-state index contributed by atoms with van der Waals surface area (Å²) < 4.78 is 13.4. The number of anilines is 1. The molecule has 20 heavy (non-hydrogen) atoms. The number of rotatable bonds is 3. The summed E-state index contributed by atoms with van der Waals surface area (Å²) in [6.07, 6.45) is 0. The summed E-state index contributed by atoms with van der Waals surface area (Å²) in [7, 11) is 0. The van der Waals surface area contributed by atoms with Crippen LogP contribution in [0.1, 0.15) is 5.56 Å². The third kappa shape index (κ3) is 3.20. The van der Waals surface area contributed by atoms with Crippen LogP contribution in [0.25, 0.3) is 0 Å². The molecule has 1 N–H and O–H groups in total. The predicted molar refractivity (Wildman–Crippen MR) is 91.6 cm³/mol. The van der Waals surface area contributed by atoms with Gasteiger partial charge in [-0.1, -0.05) is 0 Å². The van der Waals surface area contributed by atoms with E-state index in [-0.39, 0.29) is 0 Å². The fourth-order valence-corrected chi connectivity index (χ4v) is 3.00. The first-order valence-corrected chi connectivity index (χ1v) is 8.17. The predicted octanol–water partition coefficient (Wildman–Crippen LogP) is 4.44. The number of ether oxygens (including phenoxy) is 2. The van der Waals surface area contributed by atoms with Crippen molar-refractivity contribution in [1.29, 1.82) is 0 Å². The van der Waals surface area contributed by atoms with Gasteiger partial charge >= 0.3 is 0 Å². The molecule has 1 heterocycles. The highest BCUT2D eigenvalue weighted by Crippen LogP contribution is 2.38. The first kappa shape index (κ1) is 14.0. The second-order valence-corrected chi connectivity index (χ2v) is 6.56. The Balaban J connectivity index is 1.74. The third-order valence-electron chi connectivity index (χ3n) is 3.00. The number of halogens is 2. The van der Waals surface area contributed by atoms with Gasteiger partial charge in [-0.2, -0.15) is 0 Å². The van der Waals surface area contributed by atoms with E-state index in [2.05, 4.69) is 74.2 Å². The molecule has 0 bridgehead atoms. The standard InChI is InChI=1S/C15H13BrINO2/c16-13-7-10(8-14-15(13)20-6-5-19-14)9-18-12-3-1-11(17)2-4-12/h1-4,7-8,18H,5-6,9H2. The summed E-state index contributed by atoms with van der Waals surface area (Å²) in [5.41, 5.74) is 2.26. The van der Waals surface area contributed by atoms with Gasteiger partial charge < -0.3 is 14.8 Å². The Kier molecular flexibility index (Phi) is 4.35. The van der Waals surface area contributed by atoms with Crippen molar-refractivity contribution in [3.63, 3.8) is 0 Å². The summed E-state index contributed by atoms with van der Waals surface area (Å²) in [5, 5.41) is 3.40. The van der Waals surface area contributed by atoms with Gasteiger partial charge in [0, 0.05) is 15.8 Å². The average molecular weight is 446 g/mol. The lowest BCUT2D eigenvalue weighted by molar-refractivity contribution is 0.170. The molecule has 0 atom stereocenters. The molecule has 3 nitrogen and oxygen atoms in total. The van der Waals surface area contributed by atoms with Crippen molar-refractivity contribution in [3.05, 3.63) is 50.0 Å². The van der Waals surface area contributed by atoms with Crippen LogP contribution < -0.4 is 14.8 Å². The largest absolute Gasteiger partial charge is 0.486 e. The highest BCUT2D eigenvalue weighted by Gasteiger charge is 2.16. The number of hydrogen-bond donors (Lipinski definition) is 1. The molecule has 0 aliphatic carbocycles. The fraction of sp³-hybridized carbons (Fsp3) is 0.200. The maximum atomic E-state index is 5.63. The number of nitrogens with one attached hydrogen (secondary N) is 1. The SMILES string of the molecule is Brc1cc(CNc2ccc(I)cc2)cc2c1OCCO2. The highest BCUT2D eigenvalue weighted by atomic mass is 127. The smallest absolute Gasteiger partial charge is 0.175 e. The molecule has 1 aliphatic heterocycles. The van der Waals surface area contributed by atoms with Gasteiger partial charge in [-0.25, -0.2) is 0 Å². The Hall–Kier alpha value is -0.950. The van der Waals surface area contributed by atoms with Crippen molar-refractivity contribution in [1.82, 2.24) is 0 Å². The molecular formula is C15H13BrINO2. The molecule has 3 rings (SSSR count). The number of fused-ring (bicyclic) bond motifs is 1. The molecule has 2 aromatic rings. The second kappa shape index (κ2) is 6.22. The molecule has 0 unspecified atom stereocenters. The molecule has 0 fully saturated rings. The van der Waals surface area contributed by atoms with Crippen LogP contribution in [0, 0.1) is 3.57 Å². The maximum absolute atomic E-state index is 5.63. The molecule has 1 aliphatic rings. The monoisotopic (exact) mass is 445 g/mol. The van der Waals surface area contributed by atoms with Crippen molar-refractivity contribution in [3.8, 4) is 11.5 Å². The van der Waals surface area contributed by atoms with E-state index in [1.165, 1.54) is 3.57 Å². The Morgan fingerprint density at radius 1 is 1.10 bits per heavy atom. The van der Waals surface area contributed by atoms with Crippen molar-refractivity contribution in [2.45, 2.75) is 6.54 Å². The molecule has 2 aromatic carbocycles. The second-order valence-electron chi connectivity index (χ2n) is 4.46. The lowest BCUT2D eigenvalue weighted by Gasteiger charge is -2.20. The fourth-order valence-electron chi connectivity index (χ4n) is 2.04. The van der Waals surface area contributed by atoms with Crippen LogP contribution in [-0.4, -0.2) is 13.2 Å². The normalized spacial score (nSPS) is 13.1. The van der Waals surface area contributed by atoms with Crippen LogP contribution in [-0.2, 0) is 6.54 Å². The molecule has 5 heteroatoms. The van der Waals surface area contributed by atoms with E-state index in [1.54, 1.807) is 0 Å². The van der Waals surface area contributed by atoms with E-state index in [4.69, 9.17) is 9.47 Å². The minimum atomic E-state index is 0.603. The van der Waals surface area contributed by atoms with E-state index in [0.29, 0.717) is 13.2 Å². The molecule has 0 aromatic heterocycles. The number of hydrogen-bond acceptors (Lipinski definition) is 3. The summed E-state index contributed by atoms with van der Waals surface area (Å²) >= 11 is 5.83. The Labute approximate surface area is 139 Å². The lowest BCUT2D eigenvalue weighted by atomic mass is 10.2. The van der Waals surface area contributed by atoms with Crippen LogP contribution in [0.4, 0.5) is 5.69 Å². The summed E-state index contributed by atoms with van der Waals surface area (Å²) in [4.78, 5) is 0. The van der Waals surface area contributed by atoms with Gasteiger partial charge in [-0.15, -0.1) is 0 Å². The van der Waals surface area contributed by atoms with Crippen LogP contribution in [0.3, 0.4) is 0 Å². The summed E-state index contributed by atoms with van der Waals surface area (Å²) in [6, 6.07) is 12.4. The van der Waals surface area contributed by atoms with Gasteiger partial charge in [-0.05, 0) is 80.5 Å². The van der Waals surface area contributed by atoms with Crippen molar-refractivity contribution in [2.75, 3.05) is 18.5 Å². The minimum absolute atomic E-state index is 0.603. The van der Waals surface area contributed by atoms with E-state index in [1.807, 2.05) is 6.07 Å². The maximum Gasteiger partial charge on any atom is 0.175 e.